The summed E-state index contributed by atoms with van der Waals surface area (Å²) in [6.07, 6.45) is 0.836. The summed E-state index contributed by atoms with van der Waals surface area (Å²) in [7, 11) is 3.40. The molecule has 0 heterocycles. The highest BCUT2D eigenvalue weighted by Crippen LogP contribution is 2.13. The molecule has 0 aliphatic rings. The van der Waals surface area contributed by atoms with E-state index in [2.05, 4.69) is 33.1 Å². The summed E-state index contributed by atoms with van der Waals surface area (Å²) in [6.45, 7) is 7.37. The lowest BCUT2D eigenvalue weighted by molar-refractivity contribution is -0.129. The van der Waals surface area contributed by atoms with E-state index in [1.165, 1.54) is 10.5 Å². The van der Waals surface area contributed by atoms with Gasteiger partial charge in [-0.15, -0.1) is 24.0 Å². The molecule has 1 rings (SSSR count). The first-order chi connectivity index (χ1) is 12.8. The number of amides is 2. The number of likely N-dealkylation sites (N-methyl/N-ethyl adjacent to an activating group) is 1. The number of hydrogen-bond acceptors (Lipinski definition) is 3. The summed E-state index contributed by atoms with van der Waals surface area (Å²) in [6, 6.07) is 10.1. The molecule has 2 amide bonds. The topological polar surface area (TPSA) is 85.8 Å². The number of nitrogens with one attached hydrogen (secondary N) is 3. The number of halogens is 1. The number of carbonyl (C=O) groups is 2. The van der Waals surface area contributed by atoms with E-state index < -0.39 is 5.41 Å². The Kier molecular flexibility index (Phi) is 12.5. The van der Waals surface area contributed by atoms with Gasteiger partial charge in [-0.05, 0) is 32.8 Å². The first kappa shape index (κ1) is 26.2. The Morgan fingerprint density at radius 2 is 1.71 bits per heavy atom. The van der Waals surface area contributed by atoms with Crippen molar-refractivity contribution in [1.29, 1.82) is 0 Å². The van der Waals surface area contributed by atoms with Gasteiger partial charge >= 0.3 is 0 Å². The van der Waals surface area contributed by atoms with Crippen molar-refractivity contribution in [2.75, 3.05) is 40.3 Å². The Balaban J connectivity index is 0.00000729. The van der Waals surface area contributed by atoms with Crippen molar-refractivity contribution in [2.45, 2.75) is 27.2 Å². The lowest BCUT2D eigenvalue weighted by Crippen LogP contribution is -2.48. The molecule has 0 unspecified atom stereocenters. The molecule has 0 aromatic heterocycles. The molecule has 3 N–H and O–H groups in total. The van der Waals surface area contributed by atoms with Crippen LogP contribution in [0.1, 0.15) is 26.3 Å². The van der Waals surface area contributed by atoms with Gasteiger partial charge in [0.2, 0.25) is 11.8 Å². The van der Waals surface area contributed by atoms with Crippen LogP contribution < -0.4 is 16.0 Å². The minimum absolute atomic E-state index is 0. The molecule has 1 aromatic carbocycles. The fourth-order valence-electron chi connectivity index (χ4n) is 2.22. The van der Waals surface area contributed by atoms with Gasteiger partial charge in [0, 0.05) is 33.7 Å². The van der Waals surface area contributed by atoms with Crippen LogP contribution >= 0.6 is 24.0 Å². The van der Waals surface area contributed by atoms with Gasteiger partial charge in [0.15, 0.2) is 5.96 Å². The molecule has 0 bridgehead atoms. The average molecular weight is 503 g/mol. The number of rotatable bonds is 9. The van der Waals surface area contributed by atoms with E-state index in [0.29, 0.717) is 25.6 Å². The third-order valence-electron chi connectivity index (χ3n) is 4.07. The second kappa shape index (κ2) is 13.4. The Morgan fingerprint density at radius 3 is 2.29 bits per heavy atom. The normalized spacial score (nSPS) is 11.2. The van der Waals surface area contributed by atoms with Gasteiger partial charge in [-0.3, -0.25) is 9.59 Å². The maximum Gasteiger partial charge on any atom is 0.243 e. The minimum atomic E-state index is -0.594. The van der Waals surface area contributed by atoms with Crippen molar-refractivity contribution in [3.63, 3.8) is 0 Å². The van der Waals surface area contributed by atoms with Crippen LogP contribution in [0.5, 0.6) is 0 Å². The molecule has 0 spiro atoms. The van der Waals surface area contributed by atoms with Crippen molar-refractivity contribution in [1.82, 2.24) is 20.9 Å². The zero-order valence-corrected chi connectivity index (χ0v) is 19.9. The maximum absolute atomic E-state index is 12.2. The predicted octanol–water partition coefficient (Wildman–Crippen LogP) is 1.63. The predicted molar refractivity (Wildman–Crippen MR) is 125 cm³/mol. The summed E-state index contributed by atoms with van der Waals surface area (Å²) < 4.78 is 0. The molecule has 28 heavy (non-hydrogen) atoms. The van der Waals surface area contributed by atoms with Crippen LogP contribution in [0.25, 0.3) is 0 Å². The highest BCUT2D eigenvalue weighted by Gasteiger charge is 2.27. The lowest BCUT2D eigenvalue weighted by atomic mass is 9.92. The quantitative estimate of drug-likeness (QED) is 0.272. The SMILES string of the molecule is CCNC(=O)C(C)(C)CNC(=NCC(=O)N(C)C)NCCc1ccccc1.I. The van der Waals surface area contributed by atoms with E-state index in [9.17, 15) is 9.59 Å². The average Bonchev–Trinajstić information content (AvgIpc) is 2.64. The van der Waals surface area contributed by atoms with Crippen LogP contribution in [0.4, 0.5) is 0 Å². The number of guanidine groups is 1. The van der Waals surface area contributed by atoms with Crippen LogP contribution in [-0.4, -0.2) is 62.9 Å². The van der Waals surface area contributed by atoms with Gasteiger partial charge in [-0.1, -0.05) is 30.3 Å². The smallest absolute Gasteiger partial charge is 0.243 e. The van der Waals surface area contributed by atoms with Crippen molar-refractivity contribution in [3.8, 4) is 0 Å². The number of aliphatic imine (C=N–C) groups is 1. The van der Waals surface area contributed by atoms with Crippen LogP contribution in [0.3, 0.4) is 0 Å². The van der Waals surface area contributed by atoms with Crippen molar-refractivity contribution in [3.05, 3.63) is 35.9 Å². The summed E-state index contributed by atoms with van der Waals surface area (Å²) in [5.41, 5.74) is 0.625. The summed E-state index contributed by atoms with van der Waals surface area (Å²) in [5.74, 6) is 0.422. The van der Waals surface area contributed by atoms with E-state index in [4.69, 9.17) is 0 Å². The van der Waals surface area contributed by atoms with Crippen LogP contribution in [0, 0.1) is 5.41 Å². The lowest BCUT2D eigenvalue weighted by Gasteiger charge is -2.25. The van der Waals surface area contributed by atoms with Gasteiger partial charge in [0.1, 0.15) is 6.54 Å². The van der Waals surface area contributed by atoms with E-state index in [1.54, 1.807) is 14.1 Å². The van der Waals surface area contributed by atoms with Gasteiger partial charge in [0.25, 0.3) is 0 Å². The van der Waals surface area contributed by atoms with Gasteiger partial charge in [-0.25, -0.2) is 4.99 Å². The van der Waals surface area contributed by atoms with Crippen LogP contribution in [0.15, 0.2) is 35.3 Å². The summed E-state index contributed by atoms with van der Waals surface area (Å²) >= 11 is 0. The Bertz CT molecular complexity index is 633. The molecule has 0 radical (unpaired) electrons. The summed E-state index contributed by atoms with van der Waals surface area (Å²) in [5, 5.41) is 9.27. The Hall–Kier alpha value is -1.84. The van der Waals surface area contributed by atoms with Crippen LogP contribution in [0.2, 0.25) is 0 Å². The standard InChI is InChI=1S/C20H33N5O2.HI/c1-6-21-18(27)20(2,3)15-24-19(23-14-17(26)25(4)5)22-13-12-16-10-8-7-9-11-16;/h7-11H,6,12-15H2,1-5H3,(H,21,27)(H2,22,23,24);1H. The van der Waals surface area contributed by atoms with Crippen molar-refractivity contribution in [2.24, 2.45) is 10.4 Å². The first-order valence-corrected chi connectivity index (χ1v) is 9.31. The molecule has 0 aliphatic heterocycles. The van der Waals surface area contributed by atoms with Gasteiger partial charge in [0.05, 0.1) is 5.41 Å². The van der Waals surface area contributed by atoms with Crippen molar-refractivity contribution >= 4 is 41.8 Å². The number of hydrogen-bond donors (Lipinski definition) is 3. The summed E-state index contributed by atoms with van der Waals surface area (Å²) in [4.78, 5) is 29.9. The maximum atomic E-state index is 12.2. The largest absolute Gasteiger partial charge is 0.356 e. The van der Waals surface area contributed by atoms with Crippen molar-refractivity contribution < 1.29 is 9.59 Å². The molecule has 0 fully saturated rings. The molecule has 1 aromatic rings. The number of benzene rings is 1. The molecule has 7 nitrogen and oxygen atoms in total. The molecular weight excluding hydrogens is 469 g/mol. The third-order valence-corrected chi connectivity index (χ3v) is 4.07. The van der Waals surface area contributed by atoms with Crippen LogP contribution in [-0.2, 0) is 16.0 Å². The minimum Gasteiger partial charge on any atom is -0.356 e. The van der Waals surface area contributed by atoms with Gasteiger partial charge < -0.3 is 20.9 Å². The molecular formula is C20H34IN5O2. The van der Waals surface area contributed by atoms with Gasteiger partial charge in [-0.2, -0.15) is 0 Å². The molecule has 0 atom stereocenters. The van der Waals surface area contributed by atoms with E-state index in [-0.39, 0.29) is 42.3 Å². The molecule has 0 saturated heterocycles. The highest BCUT2D eigenvalue weighted by molar-refractivity contribution is 14.0. The zero-order valence-electron chi connectivity index (χ0n) is 17.5. The molecule has 0 saturated carbocycles. The molecule has 158 valence electrons. The monoisotopic (exact) mass is 503 g/mol. The van der Waals surface area contributed by atoms with E-state index in [1.807, 2.05) is 39.0 Å². The highest BCUT2D eigenvalue weighted by atomic mass is 127. The zero-order chi connectivity index (χ0) is 20.3. The fourth-order valence-corrected chi connectivity index (χ4v) is 2.22. The first-order valence-electron chi connectivity index (χ1n) is 9.31. The Morgan fingerprint density at radius 1 is 1.07 bits per heavy atom. The Labute approximate surface area is 185 Å². The number of carbonyl (C=O) groups excluding carboxylic acids is 2. The van der Waals surface area contributed by atoms with E-state index in [0.717, 1.165) is 6.42 Å². The molecule has 0 aliphatic carbocycles. The van der Waals surface area contributed by atoms with E-state index >= 15 is 0 Å². The second-order valence-electron chi connectivity index (χ2n) is 7.21. The molecule has 8 heteroatoms. The second-order valence-corrected chi connectivity index (χ2v) is 7.21. The fraction of sp³-hybridized carbons (Fsp3) is 0.550. The third kappa shape index (κ3) is 9.91. The number of nitrogens with zero attached hydrogens (tertiary/aromatic N) is 2.